The Morgan fingerprint density at radius 1 is 1.50 bits per heavy atom. The van der Waals surface area contributed by atoms with Crippen LogP contribution in [0, 0.1) is 11.6 Å². The van der Waals surface area contributed by atoms with Gasteiger partial charge in [-0.2, -0.15) is 0 Å². The molecule has 0 aliphatic rings. The van der Waals surface area contributed by atoms with Crippen molar-refractivity contribution >= 4 is 11.8 Å². The molecule has 0 aromatic carbocycles. The molecular weight excluding hydrogens is 242 g/mol. The monoisotopic (exact) mass is 258 g/mol. The van der Waals surface area contributed by atoms with Gasteiger partial charge in [-0.25, -0.2) is 13.8 Å². The molecule has 0 saturated heterocycles. The van der Waals surface area contributed by atoms with E-state index in [9.17, 15) is 13.6 Å². The minimum absolute atomic E-state index is 0.0561. The number of carbonyl (C=O) groups excluding carboxylic acids is 1. The van der Waals surface area contributed by atoms with Crippen LogP contribution < -0.4 is 4.90 Å². The van der Waals surface area contributed by atoms with Crippen LogP contribution in [0.15, 0.2) is 12.3 Å². The molecule has 6 heteroatoms. The van der Waals surface area contributed by atoms with Gasteiger partial charge in [-0.05, 0) is 20.8 Å². The Kier molecular flexibility index (Phi) is 5.00. The van der Waals surface area contributed by atoms with E-state index in [0.717, 1.165) is 12.3 Å². The van der Waals surface area contributed by atoms with Crippen LogP contribution in [0.3, 0.4) is 0 Å². The number of anilines is 1. The summed E-state index contributed by atoms with van der Waals surface area (Å²) in [4.78, 5) is 16.5. The fourth-order valence-corrected chi connectivity index (χ4v) is 1.47. The normalized spacial score (nSPS) is 10.6. The molecule has 0 unspecified atom stereocenters. The van der Waals surface area contributed by atoms with Crippen molar-refractivity contribution in [2.45, 2.75) is 26.8 Å². The summed E-state index contributed by atoms with van der Waals surface area (Å²) >= 11 is 0. The van der Waals surface area contributed by atoms with Crippen molar-refractivity contribution in [2.24, 2.45) is 0 Å². The molecule has 0 atom stereocenters. The van der Waals surface area contributed by atoms with Gasteiger partial charge in [0.25, 0.3) is 0 Å². The zero-order chi connectivity index (χ0) is 13.7. The Bertz CT molecular complexity index is 425. The van der Waals surface area contributed by atoms with Gasteiger partial charge in [-0.15, -0.1) is 0 Å². The number of esters is 1. The van der Waals surface area contributed by atoms with Gasteiger partial charge in [-0.3, -0.25) is 4.79 Å². The lowest BCUT2D eigenvalue weighted by Gasteiger charge is -2.26. The molecule has 1 aromatic heterocycles. The standard InChI is InChI=1S/C12H16F2N2O2/c1-4-18-11(17)7-16(8(2)3)12-10(14)5-9(13)6-15-12/h5-6,8H,4,7H2,1-3H3. The van der Waals surface area contributed by atoms with E-state index in [1.165, 1.54) is 4.90 Å². The van der Waals surface area contributed by atoms with Crippen LogP contribution in [0.5, 0.6) is 0 Å². The van der Waals surface area contributed by atoms with Crippen LogP contribution in [0.4, 0.5) is 14.6 Å². The van der Waals surface area contributed by atoms with E-state index in [2.05, 4.69) is 4.98 Å². The highest BCUT2D eigenvalue weighted by Gasteiger charge is 2.20. The minimum atomic E-state index is -0.798. The molecule has 4 nitrogen and oxygen atoms in total. The molecule has 0 radical (unpaired) electrons. The summed E-state index contributed by atoms with van der Waals surface area (Å²) < 4.78 is 31.2. The van der Waals surface area contributed by atoms with Crippen LogP contribution >= 0.6 is 0 Å². The first kappa shape index (κ1) is 14.3. The van der Waals surface area contributed by atoms with E-state index in [-0.39, 0.29) is 25.0 Å². The molecule has 1 heterocycles. The number of hydrogen-bond donors (Lipinski definition) is 0. The average Bonchev–Trinajstić information content (AvgIpc) is 2.27. The Labute approximate surface area is 105 Å². The molecule has 1 rings (SSSR count). The lowest BCUT2D eigenvalue weighted by molar-refractivity contribution is -0.141. The minimum Gasteiger partial charge on any atom is -0.465 e. The predicted molar refractivity (Wildman–Crippen MR) is 63.3 cm³/mol. The fraction of sp³-hybridized carbons (Fsp3) is 0.500. The van der Waals surface area contributed by atoms with E-state index < -0.39 is 17.6 Å². The van der Waals surface area contributed by atoms with E-state index in [0.29, 0.717) is 0 Å². The number of pyridine rings is 1. The van der Waals surface area contributed by atoms with Crippen molar-refractivity contribution < 1.29 is 18.3 Å². The van der Waals surface area contributed by atoms with Gasteiger partial charge in [0, 0.05) is 12.1 Å². The summed E-state index contributed by atoms with van der Waals surface area (Å²) in [5, 5.41) is 0. The highest BCUT2D eigenvalue weighted by molar-refractivity contribution is 5.75. The predicted octanol–water partition coefficient (Wildman–Crippen LogP) is 2.14. The third-order valence-corrected chi connectivity index (χ3v) is 2.29. The molecule has 0 aliphatic heterocycles. The number of rotatable bonds is 5. The Hall–Kier alpha value is -1.72. The van der Waals surface area contributed by atoms with Gasteiger partial charge >= 0.3 is 5.97 Å². The first-order valence-electron chi connectivity index (χ1n) is 5.69. The molecule has 0 saturated carbocycles. The number of carbonyl (C=O) groups is 1. The first-order valence-corrected chi connectivity index (χ1v) is 5.69. The zero-order valence-electron chi connectivity index (χ0n) is 10.6. The Balaban J connectivity index is 2.94. The molecule has 0 fully saturated rings. The van der Waals surface area contributed by atoms with E-state index in [4.69, 9.17) is 4.74 Å². The average molecular weight is 258 g/mol. The second-order valence-corrected chi connectivity index (χ2v) is 3.99. The summed E-state index contributed by atoms with van der Waals surface area (Å²) in [6, 6.07) is 0.574. The van der Waals surface area contributed by atoms with E-state index in [1.54, 1.807) is 20.8 Å². The number of hydrogen-bond acceptors (Lipinski definition) is 4. The zero-order valence-corrected chi connectivity index (χ0v) is 10.6. The molecule has 100 valence electrons. The van der Waals surface area contributed by atoms with Crippen LogP contribution in [-0.4, -0.2) is 30.1 Å². The summed E-state index contributed by atoms with van der Waals surface area (Å²) in [7, 11) is 0. The summed E-state index contributed by atoms with van der Waals surface area (Å²) in [6.45, 7) is 5.38. The molecule has 1 aromatic rings. The van der Waals surface area contributed by atoms with E-state index >= 15 is 0 Å². The summed E-state index contributed by atoms with van der Waals surface area (Å²) in [6.07, 6.45) is 0.916. The van der Waals surface area contributed by atoms with Gasteiger partial charge in [0.1, 0.15) is 12.4 Å². The van der Waals surface area contributed by atoms with Crippen molar-refractivity contribution in [3.05, 3.63) is 23.9 Å². The summed E-state index contributed by atoms with van der Waals surface area (Å²) in [5.74, 6) is -2.08. The second kappa shape index (κ2) is 6.28. The van der Waals surface area contributed by atoms with E-state index in [1.807, 2.05) is 0 Å². The maximum atomic E-state index is 13.6. The molecular formula is C12H16F2N2O2. The lowest BCUT2D eigenvalue weighted by Crippen LogP contribution is -2.37. The van der Waals surface area contributed by atoms with Gasteiger partial charge < -0.3 is 9.64 Å². The number of halogens is 2. The van der Waals surface area contributed by atoms with Gasteiger partial charge in [-0.1, -0.05) is 0 Å². The van der Waals surface area contributed by atoms with Crippen molar-refractivity contribution in [3.8, 4) is 0 Å². The van der Waals surface area contributed by atoms with Crippen LogP contribution in [0.2, 0.25) is 0 Å². The first-order chi connectivity index (χ1) is 8.45. The molecule has 0 bridgehead atoms. The maximum absolute atomic E-state index is 13.6. The highest BCUT2D eigenvalue weighted by Crippen LogP contribution is 2.19. The smallest absolute Gasteiger partial charge is 0.325 e. The SMILES string of the molecule is CCOC(=O)CN(c1ncc(F)cc1F)C(C)C. The van der Waals surface area contributed by atoms with Crippen LogP contribution in [-0.2, 0) is 9.53 Å². The third kappa shape index (κ3) is 3.65. The second-order valence-electron chi connectivity index (χ2n) is 3.99. The quantitative estimate of drug-likeness (QED) is 0.759. The fourth-order valence-electron chi connectivity index (χ4n) is 1.47. The number of ether oxygens (including phenoxy) is 1. The van der Waals surface area contributed by atoms with Crippen molar-refractivity contribution in [2.75, 3.05) is 18.1 Å². The van der Waals surface area contributed by atoms with Gasteiger partial charge in [0.2, 0.25) is 0 Å². The lowest BCUT2D eigenvalue weighted by atomic mass is 10.3. The van der Waals surface area contributed by atoms with Crippen molar-refractivity contribution in [3.63, 3.8) is 0 Å². The van der Waals surface area contributed by atoms with Crippen LogP contribution in [0.1, 0.15) is 20.8 Å². The molecule has 0 spiro atoms. The number of aromatic nitrogens is 1. The summed E-state index contributed by atoms with van der Waals surface area (Å²) in [5.41, 5.74) is 0. The molecule has 0 N–H and O–H groups in total. The molecule has 0 amide bonds. The number of nitrogens with zero attached hydrogens (tertiary/aromatic N) is 2. The molecule has 0 aliphatic carbocycles. The topological polar surface area (TPSA) is 42.4 Å². The Morgan fingerprint density at radius 2 is 2.17 bits per heavy atom. The van der Waals surface area contributed by atoms with Crippen LogP contribution in [0.25, 0.3) is 0 Å². The Morgan fingerprint density at radius 3 is 2.67 bits per heavy atom. The van der Waals surface area contributed by atoms with Gasteiger partial charge in [0.15, 0.2) is 11.6 Å². The third-order valence-electron chi connectivity index (χ3n) is 2.29. The maximum Gasteiger partial charge on any atom is 0.325 e. The molecule has 18 heavy (non-hydrogen) atoms. The largest absolute Gasteiger partial charge is 0.465 e. The van der Waals surface area contributed by atoms with Crippen molar-refractivity contribution in [1.29, 1.82) is 0 Å². The van der Waals surface area contributed by atoms with Crippen molar-refractivity contribution in [1.82, 2.24) is 4.98 Å². The highest BCUT2D eigenvalue weighted by atomic mass is 19.1. The van der Waals surface area contributed by atoms with Gasteiger partial charge in [0.05, 0.1) is 12.8 Å².